The zero-order valence-electron chi connectivity index (χ0n) is 11.3. The van der Waals surface area contributed by atoms with Gasteiger partial charge in [0.1, 0.15) is 0 Å². The molecule has 0 aromatic carbocycles. The predicted octanol–water partition coefficient (Wildman–Crippen LogP) is -0.522. The van der Waals surface area contributed by atoms with Crippen molar-refractivity contribution in [3.05, 3.63) is 0 Å². The van der Waals surface area contributed by atoms with Crippen LogP contribution in [0.3, 0.4) is 0 Å². The lowest BCUT2D eigenvalue weighted by atomic mass is 10.4. The Morgan fingerprint density at radius 1 is 1.33 bits per heavy atom. The summed E-state index contributed by atoms with van der Waals surface area (Å²) >= 11 is 0. The summed E-state index contributed by atoms with van der Waals surface area (Å²) in [7, 11) is 0.669. The largest absolute Gasteiger partial charge is 0.355 e. The molecule has 18 heavy (non-hydrogen) atoms. The highest BCUT2D eigenvalue weighted by atomic mass is 32.2. The third-order valence-electron chi connectivity index (χ3n) is 2.78. The van der Waals surface area contributed by atoms with Crippen LogP contribution >= 0.6 is 0 Å². The van der Waals surface area contributed by atoms with Crippen molar-refractivity contribution in [2.24, 2.45) is 0 Å². The van der Waals surface area contributed by atoms with Gasteiger partial charge in [-0.25, -0.2) is 8.42 Å². The van der Waals surface area contributed by atoms with Crippen molar-refractivity contribution in [3.8, 4) is 0 Å². The lowest BCUT2D eigenvalue weighted by Gasteiger charge is -2.18. The minimum absolute atomic E-state index is 0.0347. The predicted molar refractivity (Wildman–Crippen MR) is 70.8 cm³/mol. The monoisotopic (exact) mass is 277 g/mol. The summed E-state index contributed by atoms with van der Waals surface area (Å²) < 4.78 is 24.3. The van der Waals surface area contributed by atoms with Crippen LogP contribution in [0.2, 0.25) is 0 Å². The minimum Gasteiger partial charge on any atom is -0.355 e. The van der Waals surface area contributed by atoms with E-state index < -0.39 is 10.0 Å². The van der Waals surface area contributed by atoms with Crippen molar-refractivity contribution in [2.75, 3.05) is 40.0 Å². The number of carbonyl (C=O) groups excluding carboxylic acids is 1. The Morgan fingerprint density at radius 3 is 2.39 bits per heavy atom. The summed E-state index contributed by atoms with van der Waals surface area (Å²) in [6, 6.07) is 0.0347. The van der Waals surface area contributed by atoms with E-state index in [9.17, 15) is 13.2 Å². The molecule has 1 fully saturated rings. The third kappa shape index (κ3) is 5.79. The van der Waals surface area contributed by atoms with Crippen LogP contribution in [0.5, 0.6) is 0 Å². The molecule has 1 N–H and O–H groups in total. The molecule has 6 nitrogen and oxygen atoms in total. The van der Waals surface area contributed by atoms with Gasteiger partial charge in [0.15, 0.2) is 0 Å². The molecule has 0 saturated heterocycles. The molecular weight excluding hydrogens is 254 g/mol. The fraction of sp³-hybridized carbons (Fsp3) is 0.909. The maximum atomic E-state index is 11.6. The summed E-state index contributed by atoms with van der Waals surface area (Å²) in [5.74, 6) is -0.217. The van der Waals surface area contributed by atoms with Crippen LogP contribution in [0, 0.1) is 0 Å². The molecule has 1 amide bonds. The lowest BCUT2D eigenvalue weighted by Crippen LogP contribution is -2.41. The SMILES string of the molecule is CN(C)CCCNC(=O)CN(C1CC1)S(C)(=O)=O. The average molecular weight is 277 g/mol. The zero-order chi connectivity index (χ0) is 13.8. The van der Waals surface area contributed by atoms with E-state index >= 15 is 0 Å². The molecule has 0 atom stereocenters. The lowest BCUT2D eigenvalue weighted by molar-refractivity contribution is -0.121. The molecule has 0 spiro atoms. The molecule has 1 rings (SSSR count). The van der Waals surface area contributed by atoms with E-state index in [1.165, 1.54) is 4.31 Å². The fourth-order valence-corrected chi connectivity index (χ4v) is 2.80. The van der Waals surface area contributed by atoms with Crippen molar-refractivity contribution >= 4 is 15.9 Å². The van der Waals surface area contributed by atoms with Gasteiger partial charge in [0.25, 0.3) is 0 Å². The van der Waals surface area contributed by atoms with E-state index in [4.69, 9.17) is 0 Å². The Hall–Kier alpha value is -0.660. The summed E-state index contributed by atoms with van der Waals surface area (Å²) in [4.78, 5) is 13.7. The van der Waals surface area contributed by atoms with E-state index in [2.05, 4.69) is 5.32 Å². The van der Waals surface area contributed by atoms with Crippen LogP contribution < -0.4 is 5.32 Å². The number of sulfonamides is 1. The van der Waals surface area contributed by atoms with E-state index in [-0.39, 0.29) is 18.5 Å². The number of nitrogens with zero attached hydrogens (tertiary/aromatic N) is 2. The van der Waals surface area contributed by atoms with E-state index in [1.54, 1.807) is 0 Å². The van der Waals surface area contributed by atoms with Gasteiger partial charge in [0.2, 0.25) is 15.9 Å². The highest BCUT2D eigenvalue weighted by Gasteiger charge is 2.36. The highest BCUT2D eigenvalue weighted by molar-refractivity contribution is 7.88. The molecule has 0 radical (unpaired) electrons. The third-order valence-corrected chi connectivity index (χ3v) is 4.06. The molecule has 0 aromatic heterocycles. The van der Waals surface area contributed by atoms with Crippen LogP contribution in [0.15, 0.2) is 0 Å². The number of carbonyl (C=O) groups is 1. The molecule has 0 aliphatic heterocycles. The van der Waals surface area contributed by atoms with Crippen LogP contribution in [-0.4, -0.2) is 69.6 Å². The first-order valence-corrected chi connectivity index (χ1v) is 8.04. The van der Waals surface area contributed by atoms with Crippen molar-refractivity contribution in [2.45, 2.75) is 25.3 Å². The van der Waals surface area contributed by atoms with E-state index in [0.29, 0.717) is 6.54 Å². The second kappa shape index (κ2) is 6.49. The second-order valence-corrected chi connectivity index (χ2v) is 6.98. The zero-order valence-corrected chi connectivity index (χ0v) is 12.2. The van der Waals surface area contributed by atoms with Gasteiger partial charge in [0.05, 0.1) is 12.8 Å². The molecule has 0 aromatic rings. The Kier molecular flexibility index (Phi) is 5.55. The standard InChI is InChI=1S/C11H23N3O3S/c1-13(2)8-4-7-12-11(15)9-14(10-5-6-10)18(3,16)17/h10H,4-9H2,1-3H3,(H,12,15). The number of hydrogen-bond acceptors (Lipinski definition) is 4. The second-order valence-electron chi connectivity index (χ2n) is 5.05. The summed E-state index contributed by atoms with van der Waals surface area (Å²) in [6.45, 7) is 1.43. The molecule has 0 bridgehead atoms. The van der Waals surface area contributed by atoms with E-state index in [1.807, 2.05) is 19.0 Å². The first-order chi connectivity index (χ1) is 8.30. The Balaban J connectivity index is 2.29. The Morgan fingerprint density at radius 2 is 1.94 bits per heavy atom. The molecule has 7 heteroatoms. The smallest absolute Gasteiger partial charge is 0.235 e. The van der Waals surface area contributed by atoms with Gasteiger partial charge in [-0.1, -0.05) is 0 Å². The quantitative estimate of drug-likeness (QED) is 0.606. The Labute approximate surface area is 109 Å². The van der Waals surface area contributed by atoms with Crippen LogP contribution in [0.4, 0.5) is 0 Å². The molecule has 0 unspecified atom stereocenters. The number of hydrogen-bond donors (Lipinski definition) is 1. The topological polar surface area (TPSA) is 69.7 Å². The van der Waals surface area contributed by atoms with Crippen LogP contribution in [0.25, 0.3) is 0 Å². The summed E-state index contributed by atoms with van der Waals surface area (Å²) in [5.41, 5.74) is 0. The van der Waals surface area contributed by atoms with Gasteiger partial charge in [-0.3, -0.25) is 4.79 Å². The van der Waals surface area contributed by atoms with Gasteiger partial charge < -0.3 is 10.2 Å². The molecule has 0 heterocycles. The number of nitrogens with one attached hydrogen (secondary N) is 1. The number of rotatable bonds is 8. The van der Waals surface area contributed by atoms with Gasteiger partial charge >= 0.3 is 0 Å². The molecular formula is C11H23N3O3S. The van der Waals surface area contributed by atoms with Gasteiger partial charge in [-0.2, -0.15) is 4.31 Å². The summed E-state index contributed by atoms with van der Waals surface area (Å²) in [5, 5.41) is 2.75. The molecule has 1 aliphatic carbocycles. The normalized spacial score (nSPS) is 16.3. The van der Waals surface area contributed by atoms with Gasteiger partial charge in [-0.15, -0.1) is 0 Å². The minimum atomic E-state index is -3.28. The van der Waals surface area contributed by atoms with Crippen LogP contribution in [-0.2, 0) is 14.8 Å². The highest BCUT2D eigenvalue weighted by Crippen LogP contribution is 2.28. The number of amides is 1. The van der Waals surface area contributed by atoms with Crippen molar-refractivity contribution in [1.29, 1.82) is 0 Å². The van der Waals surface area contributed by atoms with Crippen molar-refractivity contribution < 1.29 is 13.2 Å². The van der Waals surface area contributed by atoms with E-state index in [0.717, 1.165) is 32.1 Å². The fourth-order valence-electron chi connectivity index (χ4n) is 1.70. The molecule has 1 saturated carbocycles. The molecule has 1 aliphatic rings. The van der Waals surface area contributed by atoms with Crippen LogP contribution in [0.1, 0.15) is 19.3 Å². The maximum absolute atomic E-state index is 11.6. The van der Waals surface area contributed by atoms with Gasteiger partial charge in [0, 0.05) is 12.6 Å². The first-order valence-electron chi connectivity index (χ1n) is 6.19. The first kappa shape index (κ1) is 15.4. The Bertz CT molecular complexity index is 377. The summed E-state index contributed by atoms with van der Waals surface area (Å²) in [6.07, 6.45) is 3.74. The maximum Gasteiger partial charge on any atom is 0.235 e. The van der Waals surface area contributed by atoms with Crippen molar-refractivity contribution in [3.63, 3.8) is 0 Å². The van der Waals surface area contributed by atoms with Gasteiger partial charge in [-0.05, 0) is 39.9 Å². The molecule has 106 valence electrons. The average Bonchev–Trinajstić information content (AvgIpc) is 3.02. The van der Waals surface area contributed by atoms with Crippen molar-refractivity contribution in [1.82, 2.24) is 14.5 Å².